The van der Waals surface area contributed by atoms with Crippen LogP contribution < -0.4 is 0 Å². The molecule has 0 bridgehead atoms. The lowest BCUT2D eigenvalue weighted by atomic mass is 9.66. The van der Waals surface area contributed by atoms with Gasteiger partial charge >= 0.3 is 0 Å². The molecule has 0 aromatic heterocycles. The van der Waals surface area contributed by atoms with E-state index in [2.05, 4.69) is 78.8 Å². The van der Waals surface area contributed by atoms with Crippen molar-refractivity contribution in [3.63, 3.8) is 0 Å². The smallest absolute Gasteiger partial charge is 0.138 e. The predicted octanol–water partition coefficient (Wildman–Crippen LogP) is 29.2. The molecule has 0 heterocycles. The van der Waals surface area contributed by atoms with E-state index in [0.29, 0.717) is 29.6 Å². The molecule has 0 spiro atoms. The monoisotopic (exact) mass is 1700 g/mol. The van der Waals surface area contributed by atoms with Gasteiger partial charge in [0.2, 0.25) is 0 Å². The molecule has 25 atom stereocenters. The summed E-state index contributed by atoms with van der Waals surface area (Å²) >= 11 is 19.1. The summed E-state index contributed by atoms with van der Waals surface area (Å²) in [7, 11) is 0. The first-order chi connectivity index (χ1) is 52.8. The number of halogens is 10. The number of hydrogen-bond donors (Lipinski definition) is 0. The summed E-state index contributed by atoms with van der Waals surface area (Å²) in [6.07, 6.45) is 59.6. The Hall–Kier alpha value is -1.12. The van der Waals surface area contributed by atoms with Crippen LogP contribution in [-0.4, -0.2) is 86.7 Å². The van der Waals surface area contributed by atoms with E-state index >= 15 is 0 Å². The molecule has 10 saturated carbocycles. The molecule has 680 valence electrons. The van der Waals surface area contributed by atoms with Crippen molar-refractivity contribution >= 4 is 34.8 Å². The van der Waals surface area contributed by atoms with Crippen molar-refractivity contribution in [3.8, 4) is 0 Å². The SMILES string of the molecule is CC1CC=C(C2CCC(C3CCC(C)C(Cl)C3F)CC2)CC1.CC1CC=C(C2CCC(C3CCC(C)C(F)C3F)CC2)CC1.CC1CCC(C2CC=C(C3CCC(C)C(Cl)C3F)CC2)CC1.CC1CCC(C2CC=C(C3CCC(C)C(F)C3Cl)CC2)CC1.CC1CCC(C2CC=C(C3CCC(C)C(F)C3F)CC2)CC1.O.O.O.O.O.[HH].[HH].[HH].[HH].[HH]. The summed E-state index contributed by atoms with van der Waals surface area (Å²) in [5.74, 6) is 13.5. The highest BCUT2D eigenvalue weighted by Crippen LogP contribution is 2.53. The average molecular weight is 1700 g/mol. The molecule has 0 saturated heterocycles. The molecule has 0 aromatic carbocycles. The van der Waals surface area contributed by atoms with Crippen LogP contribution in [0, 0.1) is 148 Å². The molecular weight excluding hydrogens is 1520 g/mol. The van der Waals surface area contributed by atoms with Gasteiger partial charge in [0.25, 0.3) is 0 Å². The second-order valence-electron chi connectivity index (χ2n) is 41.9. The molecule has 10 N–H and O–H groups in total. The van der Waals surface area contributed by atoms with Gasteiger partial charge in [0.1, 0.15) is 43.2 Å². The van der Waals surface area contributed by atoms with Crippen LogP contribution in [0.15, 0.2) is 58.2 Å². The van der Waals surface area contributed by atoms with Crippen LogP contribution in [0.1, 0.15) is 365 Å². The van der Waals surface area contributed by atoms with Gasteiger partial charge in [0.15, 0.2) is 0 Å². The molecule has 0 radical (unpaired) electrons. The van der Waals surface area contributed by atoms with Gasteiger partial charge in [-0.15, -0.1) is 34.8 Å². The van der Waals surface area contributed by atoms with Gasteiger partial charge in [0.05, 0.1) is 16.1 Å². The van der Waals surface area contributed by atoms with Gasteiger partial charge in [-0.25, -0.2) is 30.7 Å². The lowest BCUT2D eigenvalue weighted by molar-refractivity contribution is -0.00540. The highest BCUT2D eigenvalue weighted by molar-refractivity contribution is 6.22. The molecule has 25 unspecified atom stereocenters. The fraction of sp³-hybridized carbons (Fsp3) is 0.900. The molecule has 0 aliphatic heterocycles. The van der Waals surface area contributed by atoms with E-state index in [4.69, 9.17) is 34.8 Å². The third-order valence-corrected chi connectivity index (χ3v) is 36.1. The summed E-state index contributed by atoms with van der Waals surface area (Å²) < 4.78 is 100. The summed E-state index contributed by atoms with van der Waals surface area (Å²) in [6, 6.07) is 0. The van der Waals surface area contributed by atoms with Gasteiger partial charge in [-0.3, -0.25) is 0 Å². The number of hydrogen-bond acceptors (Lipinski definition) is 0. The first-order valence-electron chi connectivity index (χ1n) is 47.6. The Balaban J connectivity index is 0.000000735. The molecule has 15 rings (SSSR count). The second-order valence-corrected chi connectivity index (χ2v) is 43.4. The molecule has 115 heavy (non-hydrogen) atoms. The average Bonchev–Trinajstić information content (AvgIpc) is 0.826. The molecular formula is C100H180Cl3F7O5. The lowest BCUT2D eigenvalue weighted by Crippen LogP contribution is -2.41. The Kier molecular flexibility index (Phi) is 44.2. The largest absolute Gasteiger partial charge is 0.412 e. The standard InChI is InChI=1S/3C20H32ClF.2C20H32F2.5H2O.5H2/c1-13-3-6-15(7-4-13)16-8-10-17(11-9-16)18-12-5-14(2)20(22)19(18)21;4*1-13-3-6-15(7-4-13)16-8-10-17(11-9-16)18-12-5-14(2)19(21)20(18)22;;;;;;;;;;/h2*10,13-16,18-20H,3-9,11-12H2,1-2H3;6,13-14,16-20H,3-5,7-12H2,1-2H3;10,13-16,18-20H,3-9,11-12H2,1-2H3;6,13-14,16-20H,3-5,7-12H2,1-2H3;5*1H2;5*1H. The molecule has 10 fully saturated rings. The van der Waals surface area contributed by atoms with E-state index in [1.54, 1.807) is 11.1 Å². The maximum Gasteiger partial charge on any atom is 0.138 e. The molecule has 0 aromatic rings. The van der Waals surface area contributed by atoms with E-state index in [-0.39, 0.29) is 92.1 Å². The maximum absolute atomic E-state index is 14.6. The van der Waals surface area contributed by atoms with Crippen molar-refractivity contribution in [2.45, 2.75) is 418 Å². The van der Waals surface area contributed by atoms with Gasteiger partial charge < -0.3 is 27.4 Å². The van der Waals surface area contributed by atoms with Crippen molar-refractivity contribution in [3.05, 3.63) is 58.2 Å². The quantitative estimate of drug-likeness (QED) is 0.116. The first kappa shape index (κ1) is 103. The Morgan fingerprint density at radius 1 is 0.217 bits per heavy atom. The summed E-state index contributed by atoms with van der Waals surface area (Å²) in [5, 5.41) is -0.821. The van der Waals surface area contributed by atoms with Crippen molar-refractivity contribution in [2.75, 3.05) is 0 Å². The van der Waals surface area contributed by atoms with Crippen LogP contribution in [0.5, 0.6) is 0 Å². The fourth-order valence-electron chi connectivity index (χ4n) is 25.4. The predicted molar refractivity (Wildman–Crippen MR) is 484 cm³/mol. The summed E-state index contributed by atoms with van der Waals surface area (Å²) in [5.41, 5.74) is 7.51. The lowest BCUT2D eigenvalue weighted by Gasteiger charge is -2.42. The first-order valence-corrected chi connectivity index (χ1v) is 49.0. The van der Waals surface area contributed by atoms with E-state index < -0.39 is 43.2 Å². The summed E-state index contributed by atoms with van der Waals surface area (Å²) in [4.78, 5) is 0. The highest BCUT2D eigenvalue weighted by atomic mass is 35.5. The third kappa shape index (κ3) is 27.7. The zero-order chi connectivity index (χ0) is 78.4. The Bertz CT molecular complexity index is 2670. The number of rotatable bonds is 10. The summed E-state index contributed by atoms with van der Waals surface area (Å²) in [6.45, 7) is 21.8. The minimum Gasteiger partial charge on any atom is -0.412 e. The van der Waals surface area contributed by atoms with Crippen molar-refractivity contribution in [1.82, 2.24) is 0 Å². The highest BCUT2D eigenvalue weighted by Gasteiger charge is 2.47. The topological polar surface area (TPSA) is 158 Å². The molecule has 5 nitrogen and oxygen atoms in total. The van der Waals surface area contributed by atoms with Crippen molar-refractivity contribution in [1.29, 1.82) is 0 Å². The minimum absolute atomic E-state index is 0. The fourth-order valence-corrected chi connectivity index (χ4v) is 26.6. The van der Waals surface area contributed by atoms with Gasteiger partial charge in [-0.05, 0) is 387 Å². The molecule has 0 amide bonds. The zero-order valence-electron chi connectivity index (χ0n) is 73.7. The van der Waals surface area contributed by atoms with E-state index in [1.807, 2.05) is 20.8 Å². The Morgan fingerprint density at radius 3 is 0.870 bits per heavy atom. The van der Waals surface area contributed by atoms with Gasteiger partial charge in [0, 0.05) is 19.0 Å². The van der Waals surface area contributed by atoms with E-state index in [0.717, 1.165) is 173 Å². The van der Waals surface area contributed by atoms with Crippen LogP contribution in [0.2, 0.25) is 0 Å². The van der Waals surface area contributed by atoms with Crippen molar-refractivity contribution < 1.29 is 65.2 Å². The molecule has 15 aliphatic rings. The Labute approximate surface area is 719 Å². The number of allylic oxidation sites excluding steroid dienone is 10. The van der Waals surface area contributed by atoms with Crippen LogP contribution in [-0.2, 0) is 0 Å². The second kappa shape index (κ2) is 49.5. The Morgan fingerprint density at radius 2 is 0.504 bits per heavy atom. The minimum atomic E-state index is -1.26. The van der Waals surface area contributed by atoms with E-state index in [1.165, 1.54) is 209 Å². The van der Waals surface area contributed by atoms with Crippen LogP contribution in [0.25, 0.3) is 0 Å². The molecule has 15 heteroatoms. The number of alkyl halides is 10. The van der Waals surface area contributed by atoms with Crippen molar-refractivity contribution in [2.24, 2.45) is 148 Å². The van der Waals surface area contributed by atoms with Crippen LogP contribution >= 0.6 is 34.8 Å². The third-order valence-electron chi connectivity index (χ3n) is 34.2. The van der Waals surface area contributed by atoms with Crippen LogP contribution in [0.4, 0.5) is 30.7 Å². The molecule has 15 aliphatic carbocycles. The maximum atomic E-state index is 14.6. The normalized spacial score (nSPS) is 45.0. The van der Waals surface area contributed by atoms with Crippen LogP contribution in [0.3, 0.4) is 0 Å². The van der Waals surface area contributed by atoms with E-state index in [9.17, 15) is 30.7 Å². The zero-order valence-corrected chi connectivity index (χ0v) is 76.0. The van der Waals surface area contributed by atoms with Gasteiger partial charge in [-0.1, -0.05) is 166 Å². The van der Waals surface area contributed by atoms with Gasteiger partial charge in [-0.2, -0.15) is 0 Å².